The molecular formula is C26H24N4O4S2. The van der Waals surface area contributed by atoms with Crippen LogP contribution < -0.4 is 10.6 Å². The third-order valence-corrected chi connectivity index (χ3v) is 7.95. The van der Waals surface area contributed by atoms with E-state index in [-0.39, 0.29) is 42.3 Å². The maximum Gasteiger partial charge on any atom is 0.261 e. The molecule has 1 saturated carbocycles. The highest BCUT2D eigenvalue weighted by Gasteiger charge is 2.34. The second-order valence-corrected chi connectivity index (χ2v) is 10.8. The number of carbonyl (C=O) groups excluding carboxylic acids is 4. The largest absolute Gasteiger partial charge is 0.353 e. The Bertz CT molecular complexity index is 1290. The fraction of sp³-hybridized carbons (Fsp3) is 0.269. The summed E-state index contributed by atoms with van der Waals surface area (Å²) in [6.07, 6.45) is 2.57. The summed E-state index contributed by atoms with van der Waals surface area (Å²) in [5.41, 5.74) is 2.32. The quantitative estimate of drug-likeness (QED) is 0.306. The van der Waals surface area contributed by atoms with E-state index in [4.69, 9.17) is 0 Å². The normalized spacial score (nSPS) is 14.6. The Kier molecular flexibility index (Phi) is 7.15. The number of nitrogens with one attached hydrogen (secondary N) is 2. The molecule has 10 heteroatoms. The molecule has 0 bridgehead atoms. The zero-order chi connectivity index (χ0) is 25.1. The minimum absolute atomic E-state index is 0.0160. The van der Waals surface area contributed by atoms with E-state index in [9.17, 15) is 19.2 Å². The molecule has 184 valence electrons. The summed E-state index contributed by atoms with van der Waals surface area (Å²) in [6.45, 7) is 0.172. The van der Waals surface area contributed by atoms with Gasteiger partial charge in [0.2, 0.25) is 11.8 Å². The summed E-state index contributed by atoms with van der Waals surface area (Å²) in [5.74, 6) is -0.617. The highest BCUT2D eigenvalue weighted by molar-refractivity contribution is 8.01. The molecule has 3 aromatic rings. The van der Waals surface area contributed by atoms with E-state index in [0.717, 1.165) is 18.4 Å². The van der Waals surface area contributed by atoms with E-state index in [1.54, 1.807) is 24.3 Å². The van der Waals surface area contributed by atoms with Crippen molar-refractivity contribution in [3.8, 4) is 11.3 Å². The van der Waals surface area contributed by atoms with Gasteiger partial charge in [0.25, 0.3) is 11.8 Å². The van der Waals surface area contributed by atoms with Crippen molar-refractivity contribution in [3.05, 3.63) is 65.7 Å². The molecule has 1 fully saturated rings. The first-order chi connectivity index (χ1) is 17.5. The van der Waals surface area contributed by atoms with Crippen molar-refractivity contribution in [3.63, 3.8) is 0 Å². The first kappa shape index (κ1) is 24.2. The zero-order valence-corrected chi connectivity index (χ0v) is 21.0. The molecule has 0 saturated heterocycles. The Labute approximate surface area is 216 Å². The molecule has 4 amide bonds. The molecule has 2 N–H and O–H groups in total. The number of thioether (sulfide) groups is 1. The Morgan fingerprint density at radius 1 is 0.972 bits per heavy atom. The van der Waals surface area contributed by atoms with Crippen LogP contribution >= 0.6 is 23.1 Å². The summed E-state index contributed by atoms with van der Waals surface area (Å²) < 4.78 is 0.695. The van der Waals surface area contributed by atoms with Crippen LogP contribution in [0.25, 0.3) is 11.3 Å². The van der Waals surface area contributed by atoms with Gasteiger partial charge in [-0.15, -0.1) is 0 Å². The molecule has 2 aromatic carbocycles. The maximum atomic E-state index is 12.8. The Morgan fingerprint density at radius 2 is 1.64 bits per heavy atom. The molecule has 36 heavy (non-hydrogen) atoms. The summed E-state index contributed by atoms with van der Waals surface area (Å²) in [5, 5.41) is 6.51. The second kappa shape index (κ2) is 10.6. The highest BCUT2D eigenvalue weighted by atomic mass is 32.2. The van der Waals surface area contributed by atoms with Crippen LogP contribution in [-0.2, 0) is 9.59 Å². The molecule has 0 radical (unpaired) electrons. The van der Waals surface area contributed by atoms with Crippen LogP contribution in [0.1, 0.15) is 46.4 Å². The number of nitrogens with zero attached hydrogens (tertiary/aromatic N) is 2. The number of amides is 4. The molecule has 8 nitrogen and oxygen atoms in total. The van der Waals surface area contributed by atoms with Crippen LogP contribution in [0.15, 0.2) is 58.9 Å². The fourth-order valence-corrected chi connectivity index (χ4v) is 5.78. The lowest BCUT2D eigenvalue weighted by Crippen LogP contribution is -2.31. The number of carbonyl (C=O) groups is 4. The van der Waals surface area contributed by atoms with Gasteiger partial charge in [-0.1, -0.05) is 65.6 Å². The predicted molar refractivity (Wildman–Crippen MR) is 139 cm³/mol. The van der Waals surface area contributed by atoms with Gasteiger partial charge in [-0.3, -0.25) is 24.1 Å². The molecular weight excluding hydrogens is 496 g/mol. The minimum atomic E-state index is -0.322. The molecule has 2 aliphatic rings. The number of benzene rings is 2. The van der Waals surface area contributed by atoms with Crippen molar-refractivity contribution in [2.24, 2.45) is 0 Å². The van der Waals surface area contributed by atoms with Crippen molar-refractivity contribution in [2.75, 3.05) is 17.6 Å². The van der Waals surface area contributed by atoms with Crippen LogP contribution in [0, 0.1) is 0 Å². The molecule has 0 atom stereocenters. The summed E-state index contributed by atoms with van der Waals surface area (Å²) in [4.78, 5) is 55.7. The van der Waals surface area contributed by atoms with Crippen molar-refractivity contribution >= 4 is 51.7 Å². The predicted octanol–water partition coefficient (Wildman–Crippen LogP) is 4.20. The van der Waals surface area contributed by atoms with Gasteiger partial charge in [0.15, 0.2) is 4.34 Å². The number of aromatic nitrogens is 1. The number of thiazole rings is 1. The van der Waals surface area contributed by atoms with Crippen molar-refractivity contribution in [1.29, 1.82) is 0 Å². The molecule has 1 aliphatic heterocycles. The van der Waals surface area contributed by atoms with E-state index in [1.165, 1.54) is 28.0 Å². The third kappa shape index (κ3) is 5.50. The van der Waals surface area contributed by atoms with E-state index in [0.29, 0.717) is 38.6 Å². The highest BCUT2D eigenvalue weighted by Crippen LogP contribution is 2.37. The number of hydrogen-bond donors (Lipinski definition) is 2. The van der Waals surface area contributed by atoms with Crippen LogP contribution in [0.5, 0.6) is 0 Å². The van der Waals surface area contributed by atoms with Crippen LogP contribution in [0.3, 0.4) is 0 Å². The van der Waals surface area contributed by atoms with Gasteiger partial charge >= 0.3 is 0 Å². The first-order valence-corrected chi connectivity index (χ1v) is 13.5. The summed E-state index contributed by atoms with van der Waals surface area (Å²) in [7, 11) is 0. The Balaban J connectivity index is 1.20. The van der Waals surface area contributed by atoms with Crippen LogP contribution in [0.4, 0.5) is 5.00 Å². The zero-order valence-electron chi connectivity index (χ0n) is 19.4. The average molecular weight is 521 g/mol. The monoisotopic (exact) mass is 520 g/mol. The minimum Gasteiger partial charge on any atom is -0.353 e. The lowest BCUT2D eigenvalue weighted by molar-refractivity contribution is -0.118. The lowest BCUT2D eigenvalue weighted by atomic mass is 10.1. The van der Waals surface area contributed by atoms with Crippen molar-refractivity contribution in [2.45, 2.75) is 36.1 Å². The molecule has 5 rings (SSSR count). The Morgan fingerprint density at radius 3 is 2.31 bits per heavy atom. The summed E-state index contributed by atoms with van der Waals surface area (Å²) >= 11 is 2.68. The molecule has 1 aromatic heterocycles. The average Bonchev–Trinajstić information content (AvgIpc) is 3.56. The SMILES string of the molecule is O=C(CCCN1C(=O)c2ccccc2C1=O)Nc1sc(SCC(=O)NC2CC2)nc1-c1ccccc1. The summed E-state index contributed by atoms with van der Waals surface area (Å²) in [6, 6.07) is 16.6. The van der Waals surface area contributed by atoms with Gasteiger partial charge in [0.1, 0.15) is 10.7 Å². The third-order valence-electron chi connectivity index (χ3n) is 5.84. The van der Waals surface area contributed by atoms with Crippen LogP contribution in [-0.4, -0.2) is 51.9 Å². The fourth-order valence-electron chi connectivity index (χ4n) is 3.89. The maximum absolute atomic E-state index is 12.8. The van der Waals surface area contributed by atoms with Gasteiger partial charge in [-0.2, -0.15) is 0 Å². The molecule has 2 heterocycles. The number of fused-ring (bicyclic) bond motifs is 1. The second-order valence-electron chi connectivity index (χ2n) is 8.61. The smallest absolute Gasteiger partial charge is 0.261 e. The number of anilines is 1. The van der Waals surface area contributed by atoms with E-state index >= 15 is 0 Å². The van der Waals surface area contributed by atoms with E-state index in [1.807, 2.05) is 30.3 Å². The van der Waals surface area contributed by atoms with Gasteiger partial charge < -0.3 is 10.6 Å². The van der Waals surface area contributed by atoms with Gasteiger partial charge in [-0.25, -0.2) is 4.98 Å². The van der Waals surface area contributed by atoms with Gasteiger partial charge in [-0.05, 0) is 31.4 Å². The van der Waals surface area contributed by atoms with Gasteiger partial charge in [0.05, 0.1) is 16.9 Å². The van der Waals surface area contributed by atoms with E-state index in [2.05, 4.69) is 15.6 Å². The van der Waals surface area contributed by atoms with Crippen molar-refractivity contribution < 1.29 is 19.2 Å². The number of imide groups is 1. The molecule has 0 spiro atoms. The first-order valence-electron chi connectivity index (χ1n) is 11.7. The standard InChI is InChI=1S/C26H24N4O4S2/c31-20(11-6-14-30-24(33)18-9-4-5-10-19(18)25(30)34)28-23-22(16-7-2-1-3-8-16)29-26(36-23)35-15-21(32)27-17-12-13-17/h1-5,7-10,17H,6,11-15H2,(H,27,32)(H,28,31). The number of hydrogen-bond acceptors (Lipinski definition) is 7. The van der Waals surface area contributed by atoms with E-state index < -0.39 is 0 Å². The molecule has 1 aliphatic carbocycles. The van der Waals surface area contributed by atoms with Crippen LogP contribution in [0.2, 0.25) is 0 Å². The topological polar surface area (TPSA) is 108 Å². The number of rotatable bonds is 10. The molecule has 0 unspecified atom stereocenters. The Hall–Kier alpha value is -3.50. The van der Waals surface area contributed by atoms with Crippen molar-refractivity contribution in [1.82, 2.24) is 15.2 Å². The van der Waals surface area contributed by atoms with Gasteiger partial charge in [0, 0.05) is 24.6 Å². The lowest BCUT2D eigenvalue weighted by Gasteiger charge is -2.13.